The minimum Gasteiger partial charge on any atom is -0.361 e. The van der Waals surface area contributed by atoms with Crippen molar-refractivity contribution in [3.05, 3.63) is 121 Å². The Morgan fingerprint density at radius 1 is 0.621 bits per heavy atom. The Morgan fingerprint density at radius 2 is 1.23 bits per heavy atom. The monoisotopic (exact) mass is 953 g/mol. The molecule has 0 spiro atoms. The fourth-order valence-electron chi connectivity index (χ4n) is 6.91. The summed E-state index contributed by atoms with van der Waals surface area (Å²) in [5.41, 5.74) is 4.48. The smallest absolute Gasteiger partial charge is 0.271 e. The summed E-state index contributed by atoms with van der Waals surface area (Å²) >= 11 is 3.58. The molecule has 6 rings (SSSR count). The minimum absolute atomic E-state index is 0.0315. The van der Waals surface area contributed by atoms with Gasteiger partial charge in [-0.2, -0.15) is 0 Å². The van der Waals surface area contributed by atoms with Crippen LogP contribution < -0.4 is 37.2 Å². The first-order chi connectivity index (χ1) is 31.7. The molecule has 0 aliphatic carbocycles. The number of nitrogens with one attached hydrogen (secondary N) is 8. The van der Waals surface area contributed by atoms with Gasteiger partial charge in [-0.05, 0) is 49.8 Å². The third-order valence-corrected chi connectivity index (χ3v) is 12.5. The van der Waals surface area contributed by atoms with Gasteiger partial charge in [0.1, 0.15) is 33.1 Å². The van der Waals surface area contributed by atoms with Gasteiger partial charge in [-0.1, -0.05) is 62.4 Å². The van der Waals surface area contributed by atoms with Crippen LogP contribution in [0.5, 0.6) is 0 Å². The lowest BCUT2D eigenvalue weighted by molar-refractivity contribution is -0.125. The van der Waals surface area contributed by atoms with E-state index in [1.807, 2.05) is 67.7 Å². The van der Waals surface area contributed by atoms with Crippen LogP contribution in [0.1, 0.15) is 98.8 Å². The molecule has 0 fully saturated rings. The number of benzene rings is 2. The standard InChI is InChI=1S/C45H51N11O7S3/c1-25(2)14-26(3)51-38(58)19-47-37(57)18-48-42(62)35-22-65-45(55-35)33(16-29-17-46-31-13-9-8-12-30(29)31)54-40(60)27(4)52-43(63)36-23-66-44(56-36)32(15-28-10-6-5-7-11-28)53-39(59)20-49-41(61)34-21-64-24-50-34/h5-13,17,21-27,32-33,46H,14-16,18-20H2,1-4H3,(H,47,57)(H,48,62)(H,49,61)(H,51,58)(H,52,63)(H,53,59)(H,54,60). The number of amides is 7. The van der Waals surface area contributed by atoms with Crippen molar-refractivity contribution in [1.29, 1.82) is 0 Å². The maximum Gasteiger partial charge on any atom is 0.271 e. The van der Waals surface area contributed by atoms with Gasteiger partial charge in [0.2, 0.25) is 23.6 Å². The van der Waals surface area contributed by atoms with Gasteiger partial charge in [0.15, 0.2) is 0 Å². The number of fused-ring (bicyclic) bond motifs is 1. The lowest BCUT2D eigenvalue weighted by atomic mass is 10.0. The van der Waals surface area contributed by atoms with Crippen molar-refractivity contribution in [2.24, 2.45) is 5.92 Å². The number of rotatable bonds is 22. The van der Waals surface area contributed by atoms with Gasteiger partial charge in [-0.15, -0.1) is 34.0 Å². The van der Waals surface area contributed by atoms with Gasteiger partial charge in [0.25, 0.3) is 17.7 Å². The van der Waals surface area contributed by atoms with Gasteiger partial charge in [-0.25, -0.2) is 15.0 Å². The molecule has 346 valence electrons. The average molecular weight is 954 g/mol. The fraction of sp³-hybridized carbons (Fsp3) is 0.333. The second-order valence-corrected chi connectivity index (χ2v) is 18.4. The number of aromatic amines is 1. The Bertz CT molecular complexity index is 2630. The summed E-state index contributed by atoms with van der Waals surface area (Å²) < 4.78 is 0. The molecule has 4 atom stereocenters. The first kappa shape index (κ1) is 48.6. The lowest BCUT2D eigenvalue weighted by Gasteiger charge is -2.20. The van der Waals surface area contributed by atoms with Gasteiger partial charge in [0, 0.05) is 45.7 Å². The number of aromatic nitrogens is 4. The van der Waals surface area contributed by atoms with Gasteiger partial charge >= 0.3 is 0 Å². The van der Waals surface area contributed by atoms with Crippen molar-refractivity contribution in [3.8, 4) is 0 Å². The number of hydrogen-bond donors (Lipinski definition) is 8. The minimum atomic E-state index is -1.05. The summed E-state index contributed by atoms with van der Waals surface area (Å²) in [5, 5.41) is 25.5. The number of carbonyl (C=O) groups excluding carboxylic acids is 7. The molecule has 4 aromatic heterocycles. The summed E-state index contributed by atoms with van der Waals surface area (Å²) in [6.45, 7) is 6.61. The molecule has 0 aliphatic heterocycles. The first-order valence-corrected chi connectivity index (χ1v) is 23.8. The van der Waals surface area contributed by atoms with Crippen LogP contribution in [-0.4, -0.2) is 93.0 Å². The van der Waals surface area contributed by atoms with Crippen molar-refractivity contribution < 1.29 is 33.6 Å². The van der Waals surface area contributed by atoms with Crippen molar-refractivity contribution in [2.45, 2.75) is 71.1 Å². The molecule has 0 bridgehead atoms. The van der Waals surface area contributed by atoms with Crippen molar-refractivity contribution >= 4 is 86.3 Å². The molecule has 18 nitrogen and oxygen atoms in total. The number of H-pyrrole nitrogens is 1. The quantitative estimate of drug-likeness (QED) is 0.0486. The van der Waals surface area contributed by atoms with E-state index in [-0.39, 0.29) is 55.1 Å². The van der Waals surface area contributed by atoms with Crippen molar-refractivity contribution in [3.63, 3.8) is 0 Å². The summed E-state index contributed by atoms with van der Waals surface area (Å²) in [6.07, 6.45) is 3.27. The van der Waals surface area contributed by atoms with E-state index in [1.54, 1.807) is 10.8 Å². The van der Waals surface area contributed by atoms with Gasteiger partial charge in [-0.3, -0.25) is 33.6 Å². The number of nitrogens with zero attached hydrogens (tertiary/aromatic N) is 3. The Hall–Kier alpha value is -6.84. The lowest BCUT2D eigenvalue weighted by Crippen LogP contribution is -2.46. The van der Waals surface area contributed by atoms with E-state index in [9.17, 15) is 33.6 Å². The zero-order valence-electron chi connectivity index (χ0n) is 36.6. The molecule has 8 N–H and O–H groups in total. The van der Waals surface area contributed by atoms with E-state index in [0.29, 0.717) is 22.4 Å². The van der Waals surface area contributed by atoms with E-state index in [0.717, 1.165) is 39.8 Å². The van der Waals surface area contributed by atoms with E-state index >= 15 is 0 Å². The first-order valence-electron chi connectivity index (χ1n) is 21.1. The summed E-state index contributed by atoms with van der Waals surface area (Å²) in [5.74, 6) is -3.20. The Balaban J connectivity index is 1.08. The summed E-state index contributed by atoms with van der Waals surface area (Å²) in [7, 11) is 0. The second-order valence-electron chi connectivity index (χ2n) is 15.9. The average Bonchev–Trinajstić information content (AvgIpc) is 4.15. The van der Waals surface area contributed by atoms with Crippen LogP contribution in [-0.2, 0) is 32.0 Å². The summed E-state index contributed by atoms with van der Waals surface area (Å²) in [6, 6.07) is 14.6. The predicted molar refractivity (Wildman–Crippen MR) is 252 cm³/mol. The summed E-state index contributed by atoms with van der Waals surface area (Å²) in [4.78, 5) is 107. The van der Waals surface area contributed by atoms with Gasteiger partial charge in [0.05, 0.1) is 37.2 Å². The van der Waals surface area contributed by atoms with Crippen molar-refractivity contribution in [1.82, 2.24) is 57.2 Å². The second kappa shape index (κ2) is 23.4. The SMILES string of the molecule is CC(C)CC(C)NC(=O)CNC(=O)CNC(=O)c1csc(C(Cc2c[nH]c3ccccc23)NC(=O)C(C)NC(=O)c2csc(C(Cc3ccccc3)NC(=O)CNC(=O)c3cscn3)n2)n1. The highest BCUT2D eigenvalue weighted by Crippen LogP contribution is 2.27. The molecule has 0 saturated heterocycles. The Labute approximate surface area is 392 Å². The molecular formula is C45H51N11O7S3. The molecule has 0 saturated carbocycles. The Kier molecular flexibility index (Phi) is 17.2. The van der Waals surface area contributed by atoms with Crippen LogP contribution in [0.4, 0.5) is 0 Å². The number of para-hydroxylation sites is 1. The van der Waals surface area contributed by atoms with E-state index in [4.69, 9.17) is 0 Å². The number of carbonyl (C=O) groups is 7. The Morgan fingerprint density at radius 3 is 1.91 bits per heavy atom. The van der Waals surface area contributed by atoms with Crippen LogP contribution in [0.25, 0.3) is 10.9 Å². The molecular weight excluding hydrogens is 903 g/mol. The topological polar surface area (TPSA) is 258 Å². The molecule has 7 amide bonds. The predicted octanol–water partition coefficient (Wildman–Crippen LogP) is 3.98. The molecule has 0 aliphatic rings. The van der Waals surface area contributed by atoms with Crippen molar-refractivity contribution in [2.75, 3.05) is 19.6 Å². The molecule has 4 unspecified atom stereocenters. The third-order valence-electron chi connectivity index (χ3n) is 10.0. The van der Waals surface area contributed by atoms with Gasteiger partial charge < -0.3 is 42.2 Å². The van der Waals surface area contributed by atoms with Crippen LogP contribution >= 0.6 is 34.0 Å². The van der Waals surface area contributed by atoms with E-state index in [1.165, 1.54) is 40.5 Å². The van der Waals surface area contributed by atoms with E-state index < -0.39 is 53.6 Å². The molecule has 66 heavy (non-hydrogen) atoms. The highest BCUT2D eigenvalue weighted by Gasteiger charge is 2.27. The maximum atomic E-state index is 13.8. The molecule has 0 radical (unpaired) electrons. The number of hydrogen-bond acceptors (Lipinski definition) is 13. The van der Waals surface area contributed by atoms with E-state index in [2.05, 4.69) is 71.0 Å². The van der Waals surface area contributed by atoms with Crippen LogP contribution in [0.3, 0.4) is 0 Å². The molecule has 4 heterocycles. The highest BCUT2D eigenvalue weighted by atomic mass is 32.1. The van der Waals surface area contributed by atoms with Crippen LogP contribution in [0, 0.1) is 5.92 Å². The largest absolute Gasteiger partial charge is 0.361 e. The normalized spacial score (nSPS) is 12.9. The maximum absolute atomic E-state index is 13.8. The highest BCUT2D eigenvalue weighted by molar-refractivity contribution is 7.10. The zero-order valence-corrected chi connectivity index (χ0v) is 39.1. The molecule has 6 aromatic rings. The zero-order chi connectivity index (χ0) is 47.2. The number of thiazole rings is 3. The van der Waals surface area contributed by atoms with Crippen LogP contribution in [0.15, 0.2) is 82.4 Å². The van der Waals surface area contributed by atoms with Crippen LogP contribution in [0.2, 0.25) is 0 Å². The third kappa shape index (κ3) is 14.1. The fourth-order valence-corrected chi connectivity index (χ4v) is 9.14. The molecule has 2 aromatic carbocycles. The molecule has 21 heteroatoms.